The van der Waals surface area contributed by atoms with Crippen molar-refractivity contribution in [3.8, 4) is 0 Å². The number of hydrogen-bond donors (Lipinski definition) is 3. The predicted molar refractivity (Wildman–Crippen MR) is 95.1 cm³/mol. The maximum atomic E-state index is 13.8. The van der Waals surface area contributed by atoms with E-state index in [1.54, 1.807) is 0 Å². The lowest BCUT2D eigenvalue weighted by Gasteiger charge is -2.19. The Bertz CT molecular complexity index is 789. The minimum Gasteiger partial charge on any atom is -0.387 e. The number of allylic oxidation sites excluding steroid dienone is 2. The molecular formula is C18H21F3N4O2. The molecule has 27 heavy (non-hydrogen) atoms. The van der Waals surface area contributed by atoms with Crippen LogP contribution in [0.2, 0.25) is 0 Å². The van der Waals surface area contributed by atoms with Crippen molar-refractivity contribution in [2.75, 3.05) is 26.0 Å². The lowest BCUT2D eigenvalue weighted by molar-refractivity contribution is -0.135. The van der Waals surface area contributed by atoms with Crippen molar-refractivity contribution in [3.05, 3.63) is 41.9 Å². The zero-order chi connectivity index (χ0) is 20.4. The van der Waals surface area contributed by atoms with Crippen LogP contribution in [-0.2, 0) is 9.59 Å². The molecule has 3 N–H and O–H groups in total. The second kappa shape index (κ2) is 7.81. The number of halogens is 3. The fourth-order valence-electron chi connectivity index (χ4n) is 2.93. The molecule has 146 valence electrons. The number of hydrogen-bond acceptors (Lipinski definition) is 4. The Hall–Kier alpha value is -2.84. The van der Waals surface area contributed by atoms with E-state index in [2.05, 4.69) is 10.6 Å². The van der Waals surface area contributed by atoms with Crippen LogP contribution in [0.3, 0.4) is 0 Å². The topological polar surface area (TPSA) is 85.3 Å². The molecule has 0 unspecified atom stereocenters. The van der Waals surface area contributed by atoms with Crippen molar-refractivity contribution < 1.29 is 22.8 Å². The first-order valence-electron chi connectivity index (χ1n) is 8.22. The molecule has 1 aliphatic heterocycles. The standard InChI is InChI=1S/C18H21F3N4O2/c1-18(20,21)14(23-2)8-12(22)10-9-25(3)17(27)15(10)16(26)24-13-7-5-4-6-11(13)19/h4-8,10,15,22-23H,9H2,1-3H3,(H,24,26)/b14-8-,22-12?/t10-,15+/m1/s1. The molecule has 2 amide bonds. The second-order valence-corrected chi connectivity index (χ2v) is 6.42. The van der Waals surface area contributed by atoms with E-state index in [0.29, 0.717) is 6.92 Å². The van der Waals surface area contributed by atoms with E-state index < -0.39 is 41.1 Å². The van der Waals surface area contributed by atoms with E-state index in [1.807, 2.05) is 0 Å². The van der Waals surface area contributed by atoms with E-state index in [9.17, 15) is 22.8 Å². The van der Waals surface area contributed by atoms with Gasteiger partial charge in [0, 0.05) is 39.2 Å². The van der Waals surface area contributed by atoms with Crippen LogP contribution in [0.15, 0.2) is 36.0 Å². The summed E-state index contributed by atoms with van der Waals surface area (Å²) in [5.74, 6) is -7.45. The average Bonchev–Trinajstić information content (AvgIpc) is 2.89. The maximum Gasteiger partial charge on any atom is 0.284 e. The fraction of sp³-hybridized carbons (Fsp3) is 0.389. The van der Waals surface area contributed by atoms with Gasteiger partial charge in [0.25, 0.3) is 5.92 Å². The number of alkyl halides is 2. The molecule has 2 rings (SSSR count). The molecule has 1 aromatic carbocycles. The van der Waals surface area contributed by atoms with Crippen molar-refractivity contribution in [2.45, 2.75) is 12.8 Å². The summed E-state index contributed by atoms with van der Waals surface area (Å²) in [6.07, 6.45) is 0.931. The van der Waals surface area contributed by atoms with Gasteiger partial charge in [0.1, 0.15) is 11.7 Å². The van der Waals surface area contributed by atoms with Gasteiger partial charge >= 0.3 is 0 Å². The summed E-state index contributed by atoms with van der Waals surface area (Å²) in [6, 6.07) is 5.47. The van der Waals surface area contributed by atoms with Gasteiger partial charge < -0.3 is 20.9 Å². The summed E-state index contributed by atoms with van der Waals surface area (Å²) < 4.78 is 40.9. The van der Waals surface area contributed by atoms with Gasteiger partial charge in [-0.3, -0.25) is 9.59 Å². The third kappa shape index (κ3) is 4.47. The summed E-state index contributed by atoms with van der Waals surface area (Å²) >= 11 is 0. The van der Waals surface area contributed by atoms with Crippen molar-refractivity contribution in [1.29, 1.82) is 5.41 Å². The van der Waals surface area contributed by atoms with Crippen molar-refractivity contribution >= 4 is 23.2 Å². The van der Waals surface area contributed by atoms with Crippen molar-refractivity contribution in [3.63, 3.8) is 0 Å². The van der Waals surface area contributed by atoms with Gasteiger partial charge in [0.2, 0.25) is 11.8 Å². The van der Waals surface area contributed by atoms with Crippen LogP contribution in [0.25, 0.3) is 0 Å². The number of anilines is 1. The molecule has 6 nitrogen and oxygen atoms in total. The van der Waals surface area contributed by atoms with Crippen LogP contribution in [-0.4, -0.2) is 49.0 Å². The number of carbonyl (C=O) groups is 2. The molecular weight excluding hydrogens is 361 g/mol. The largest absolute Gasteiger partial charge is 0.387 e. The number of nitrogens with one attached hydrogen (secondary N) is 3. The molecule has 0 bridgehead atoms. The first-order chi connectivity index (χ1) is 12.6. The van der Waals surface area contributed by atoms with Crippen LogP contribution < -0.4 is 10.6 Å². The maximum absolute atomic E-state index is 13.8. The summed E-state index contributed by atoms with van der Waals surface area (Å²) in [4.78, 5) is 26.2. The summed E-state index contributed by atoms with van der Waals surface area (Å²) in [7, 11) is 2.75. The van der Waals surface area contributed by atoms with E-state index in [1.165, 1.54) is 37.2 Å². The molecule has 2 atom stereocenters. The van der Waals surface area contributed by atoms with Gasteiger partial charge in [0.05, 0.1) is 11.4 Å². The third-order valence-electron chi connectivity index (χ3n) is 4.37. The van der Waals surface area contributed by atoms with E-state index in [-0.39, 0.29) is 17.9 Å². The first-order valence-corrected chi connectivity index (χ1v) is 8.22. The number of nitrogens with zero attached hydrogens (tertiary/aromatic N) is 1. The lowest BCUT2D eigenvalue weighted by atomic mass is 9.89. The average molecular weight is 382 g/mol. The number of para-hydroxylation sites is 1. The number of carbonyl (C=O) groups excluding carboxylic acids is 2. The normalized spacial score (nSPS) is 20.6. The number of rotatable bonds is 6. The molecule has 1 heterocycles. The van der Waals surface area contributed by atoms with Crippen LogP contribution in [0, 0.1) is 23.1 Å². The van der Waals surface area contributed by atoms with E-state index >= 15 is 0 Å². The van der Waals surface area contributed by atoms with Crippen LogP contribution >= 0.6 is 0 Å². The van der Waals surface area contributed by atoms with Crippen LogP contribution in [0.5, 0.6) is 0 Å². The van der Waals surface area contributed by atoms with Crippen molar-refractivity contribution in [2.24, 2.45) is 11.8 Å². The molecule has 1 fully saturated rings. The van der Waals surface area contributed by atoms with Crippen LogP contribution in [0.4, 0.5) is 18.9 Å². The van der Waals surface area contributed by atoms with Gasteiger partial charge in [-0.05, 0) is 18.2 Å². The zero-order valence-electron chi connectivity index (χ0n) is 15.1. The monoisotopic (exact) mass is 382 g/mol. The minimum atomic E-state index is -3.21. The van der Waals surface area contributed by atoms with Crippen molar-refractivity contribution in [1.82, 2.24) is 10.2 Å². The second-order valence-electron chi connectivity index (χ2n) is 6.42. The Morgan fingerprint density at radius 2 is 2.00 bits per heavy atom. The zero-order valence-corrected chi connectivity index (χ0v) is 15.1. The summed E-state index contributed by atoms with van der Waals surface area (Å²) in [5, 5.41) is 12.8. The molecule has 0 aromatic heterocycles. The summed E-state index contributed by atoms with van der Waals surface area (Å²) in [6.45, 7) is 0.701. The quantitative estimate of drug-likeness (QED) is 0.521. The molecule has 1 aliphatic rings. The molecule has 0 saturated carbocycles. The molecule has 9 heteroatoms. The number of amides is 2. The highest BCUT2D eigenvalue weighted by atomic mass is 19.3. The van der Waals surface area contributed by atoms with Gasteiger partial charge in [-0.25, -0.2) is 13.2 Å². The Balaban J connectivity index is 2.29. The van der Waals surface area contributed by atoms with Gasteiger partial charge in [-0.1, -0.05) is 12.1 Å². The smallest absolute Gasteiger partial charge is 0.284 e. The summed E-state index contributed by atoms with van der Waals surface area (Å²) in [5.41, 5.74) is -0.878. The van der Waals surface area contributed by atoms with E-state index in [0.717, 1.165) is 12.1 Å². The highest BCUT2D eigenvalue weighted by molar-refractivity contribution is 6.13. The Kier molecular flexibility index (Phi) is 5.92. The molecule has 1 saturated heterocycles. The number of likely N-dealkylation sites (tertiary alicyclic amines) is 1. The Morgan fingerprint density at radius 3 is 2.56 bits per heavy atom. The van der Waals surface area contributed by atoms with Gasteiger partial charge in [-0.15, -0.1) is 0 Å². The SMILES string of the molecule is CN/C(=C\C(=N)[C@H]1CN(C)C(=O)[C@@H]1C(=O)Nc1ccccc1F)C(C)(F)F. The Morgan fingerprint density at radius 1 is 1.37 bits per heavy atom. The lowest BCUT2D eigenvalue weighted by Crippen LogP contribution is -2.36. The molecule has 1 aromatic rings. The van der Waals surface area contributed by atoms with E-state index in [4.69, 9.17) is 5.41 Å². The number of benzene rings is 1. The molecule has 0 radical (unpaired) electrons. The molecule has 0 aliphatic carbocycles. The highest BCUT2D eigenvalue weighted by Gasteiger charge is 2.45. The van der Waals surface area contributed by atoms with Gasteiger partial charge in [0.15, 0.2) is 0 Å². The predicted octanol–water partition coefficient (Wildman–Crippen LogP) is 2.25. The molecule has 0 spiro atoms. The van der Waals surface area contributed by atoms with Gasteiger partial charge in [-0.2, -0.15) is 0 Å². The fourth-order valence-corrected chi connectivity index (χ4v) is 2.93. The third-order valence-corrected chi connectivity index (χ3v) is 4.37. The minimum absolute atomic E-state index is 0.0236. The first kappa shape index (κ1) is 20.5. The van der Waals surface area contributed by atoms with Crippen LogP contribution in [0.1, 0.15) is 6.92 Å². The highest BCUT2D eigenvalue weighted by Crippen LogP contribution is 2.29. The Labute approximate surface area is 154 Å².